The van der Waals surface area contributed by atoms with Crippen molar-refractivity contribution in [3.05, 3.63) is 104 Å². The van der Waals surface area contributed by atoms with Gasteiger partial charge in [0.25, 0.3) is 5.56 Å². The largest absolute Gasteiger partial charge is 0.460 e. The van der Waals surface area contributed by atoms with E-state index in [0.29, 0.717) is 0 Å². The fraction of sp³-hybridized carbons (Fsp3) is 0.351. The van der Waals surface area contributed by atoms with Gasteiger partial charge in [-0.15, -0.1) is 11.3 Å². The van der Waals surface area contributed by atoms with E-state index in [1.165, 1.54) is 54.7 Å². The number of hydrogen-bond acceptors (Lipinski definition) is 8. The van der Waals surface area contributed by atoms with Gasteiger partial charge in [-0.1, -0.05) is 89.1 Å². The van der Waals surface area contributed by atoms with Gasteiger partial charge in [0, 0.05) is 11.4 Å². The van der Waals surface area contributed by atoms with Crippen LogP contribution >= 0.6 is 11.3 Å². The lowest BCUT2D eigenvalue weighted by Crippen LogP contribution is -2.36. The molecule has 0 unspecified atom stereocenters. The number of hydrogen-bond donors (Lipinski definition) is 1. The molecule has 0 radical (unpaired) electrons. The second-order valence-corrected chi connectivity index (χ2v) is 11.8. The normalized spacial score (nSPS) is 14.5. The number of allylic oxidation sites excluding steroid dienone is 4. The molecule has 0 atom stereocenters. The van der Waals surface area contributed by atoms with Gasteiger partial charge in [-0.3, -0.25) is 14.2 Å². The van der Waals surface area contributed by atoms with Crippen LogP contribution in [0.5, 0.6) is 0 Å². The van der Waals surface area contributed by atoms with Crippen molar-refractivity contribution in [2.24, 2.45) is 0 Å². The minimum atomic E-state index is -0.913. The number of nitriles is 1. The molecular weight excluding hydrogens is 598 g/mol. The van der Waals surface area contributed by atoms with Crippen molar-refractivity contribution in [3.63, 3.8) is 0 Å². The van der Waals surface area contributed by atoms with Crippen molar-refractivity contribution in [1.82, 2.24) is 4.57 Å². The molecular formula is C37H43N3O5S. The SMILES string of the molecule is C=CCOC(=O)Cn1c(=O)/c(=C/C=C/c2ccc3c(c2)CCC2=C(C=CCC2)N3)s/c1=C(\C#N)C(=O)OCC=C.CCCCCC. The number of unbranched alkanes of at least 4 members (excludes halogenated alkanes) is 3. The lowest BCUT2D eigenvalue weighted by Gasteiger charge is -2.14. The maximum Gasteiger partial charge on any atom is 0.352 e. The Morgan fingerprint density at radius 1 is 1.09 bits per heavy atom. The molecule has 0 bridgehead atoms. The Labute approximate surface area is 275 Å². The molecule has 2 aromatic rings. The highest BCUT2D eigenvalue weighted by molar-refractivity contribution is 7.07. The number of esters is 2. The van der Waals surface area contributed by atoms with E-state index in [4.69, 9.17) is 9.47 Å². The number of aromatic nitrogens is 1. The fourth-order valence-corrected chi connectivity index (χ4v) is 5.94. The van der Waals surface area contributed by atoms with Gasteiger partial charge in [0.2, 0.25) is 0 Å². The van der Waals surface area contributed by atoms with E-state index in [1.54, 1.807) is 18.2 Å². The first kappa shape index (κ1) is 35.8. The smallest absolute Gasteiger partial charge is 0.352 e. The molecule has 242 valence electrons. The number of anilines is 1. The van der Waals surface area contributed by atoms with Gasteiger partial charge in [0.05, 0.1) is 4.53 Å². The van der Waals surface area contributed by atoms with Crippen molar-refractivity contribution in [2.45, 2.75) is 71.8 Å². The van der Waals surface area contributed by atoms with Crippen molar-refractivity contribution in [1.29, 1.82) is 5.26 Å². The molecule has 4 rings (SSSR count). The fourth-order valence-electron chi connectivity index (χ4n) is 4.90. The number of ether oxygens (including phenoxy) is 2. The first-order chi connectivity index (χ1) is 22.4. The Kier molecular flexibility index (Phi) is 14.8. The van der Waals surface area contributed by atoms with E-state index in [2.05, 4.69) is 56.6 Å². The number of rotatable bonds is 12. The molecule has 1 N–H and O–H groups in total. The third kappa shape index (κ3) is 10.2. The summed E-state index contributed by atoms with van der Waals surface area (Å²) in [6, 6.07) is 7.98. The predicted octanol–water partition coefficient (Wildman–Crippen LogP) is 6.09. The number of thiazole rings is 1. The molecule has 1 aliphatic heterocycles. The van der Waals surface area contributed by atoms with Crippen LogP contribution in [0, 0.1) is 11.3 Å². The molecule has 1 aliphatic carbocycles. The zero-order valence-corrected chi connectivity index (χ0v) is 27.6. The van der Waals surface area contributed by atoms with Gasteiger partial charge in [-0.25, -0.2) is 4.79 Å². The zero-order chi connectivity index (χ0) is 33.3. The van der Waals surface area contributed by atoms with Gasteiger partial charge in [-0.05, 0) is 66.7 Å². The van der Waals surface area contributed by atoms with Crippen LogP contribution in [0.4, 0.5) is 5.69 Å². The molecule has 0 amide bonds. The van der Waals surface area contributed by atoms with Crippen LogP contribution in [0.1, 0.15) is 69.9 Å². The summed E-state index contributed by atoms with van der Waals surface area (Å²) in [5, 5.41) is 13.2. The Bertz CT molecular complexity index is 1730. The van der Waals surface area contributed by atoms with Crippen molar-refractivity contribution >= 4 is 46.7 Å². The third-order valence-corrected chi connectivity index (χ3v) is 8.43. The van der Waals surface area contributed by atoms with E-state index in [1.807, 2.05) is 12.1 Å². The average molecular weight is 642 g/mol. The van der Waals surface area contributed by atoms with Crippen molar-refractivity contribution in [3.8, 4) is 6.07 Å². The number of carbonyl (C=O) groups excluding carboxylic acids is 2. The van der Waals surface area contributed by atoms with Crippen LogP contribution in [-0.4, -0.2) is 29.7 Å². The first-order valence-electron chi connectivity index (χ1n) is 15.7. The second kappa shape index (κ2) is 19.0. The zero-order valence-electron chi connectivity index (χ0n) is 26.8. The second-order valence-electron chi connectivity index (χ2n) is 10.7. The van der Waals surface area contributed by atoms with Crippen LogP contribution in [0.25, 0.3) is 17.7 Å². The summed E-state index contributed by atoms with van der Waals surface area (Å²) in [5.41, 5.74) is 5.01. The molecule has 0 fully saturated rings. The quantitative estimate of drug-likeness (QED) is 0.170. The highest BCUT2D eigenvalue weighted by Crippen LogP contribution is 2.32. The van der Waals surface area contributed by atoms with Crippen LogP contribution in [0.2, 0.25) is 0 Å². The Hall–Kier alpha value is -4.68. The molecule has 1 aromatic carbocycles. The minimum absolute atomic E-state index is 0.0124. The predicted molar refractivity (Wildman–Crippen MR) is 186 cm³/mol. The minimum Gasteiger partial charge on any atom is -0.460 e. The topological polar surface area (TPSA) is 110 Å². The Balaban J connectivity index is 0.000000875. The number of benzene rings is 1. The maximum atomic E-state index is 13.2. The summed E-state index contributed by atoms with van der Waals surface area (Å²) in [5.74, 6) is -1.62. The summed E-state index contributed by atoms with van der Waals surface area (Å²) in [4.78, 5) is 38.0. The third-order valence-electron chi connectivity index (χ3n) is 7.29. The number of fused-ring (bicyclic) bond motifs is 1. The lowest BCUT2D eigenvalue weighted by atomic mass is 9.97. The van der Waals surface area contributed by atoms with Gasteiger partial charge in [0.15, 0.2) is 5.57 Å². The molecule has 8 nitrogen and oxygen atoms in total. The molecule has 0 spiro atoms. The van der Waals surface area contributed by atoms with E-state index in [9.17, 15) is 19.6 Å². The average Bonchev–Trinajstić information content (AvgIpc) is 3.24. The van der Waals surface area contributed by atoms with Crippen molar-refractivity contribution < 1.29 is 19.1 Å². The maximum absolute atomic E-state index is 13.2. The molecule has 2 heterocycles. The van der Waals surface area contributed by atoms with E-state index < -0.39 is 24.0 Å². The van der Waals surface area contributed by atoms with Crippen LogP contribution in [0.15, 0.2) is 77.8 Å². The Morgan fingerprint density at radius 2 is 1.83 bits per heavy atom. The Morgan fingerprint density at radius 3 is 2.52 bits per heavy atom. The highest BCUT2D eigenvalue weighted by atomic mass is 32.1. The molecule has 9 heteroatoms. The van der Waals surface area contributed by atoms with Crippen LogP contribution < -0.4 is 20.1 Å². The monoisotopic (exact) mass is 641 g/mol. The van der Waals surface area contributed by atoms with Crippen molar-refractivity contribution in [2.75, 3.05) is 18.5 Å². The van der Waals surface area contributed by atoms with E-state index >= 15 is 0 Å². The number of nitrogens with zero attached hydrogens (tertiary/aromatic N) is 2. The molecule has 2 aliphatic rings. The molecule has 0 saturated carbocycles. The number of aryl methyl sites for hydroxylation is 1. The first-order valence-corrected chi connectivity index (χ1v) is 16.5. The molecule has 0 saturated heterocycles. The molecule has 46 heavy (non-hydrogen) atoms. The van der Waals surface area contributed by atoms with Gasteiger partial charge < -0.3 is 14.8 Å². The standard InChI is InChI=1S/C31H29N3O5S.C6H14/c1-3-16-38-28(35)20-34-29(36)27(40-30(34)24(19-32)31(37)39-17-4-2)11-7-8-21-12-15-26-23(18-21)14-13-22-9-5-6-10-25(22)33-26;1-3-5-6-4-2/h3-4,6-8,10-12,15,18,33H,1-2,5,9,13-14,16-17,20H2;3-6H2,1-2H3/b8-7+,27-11-,30-24+;. The van der Waals surface area contributed by atoms with Crippen LogP contribution in [-0.2, 0) is 32.0 Å². The highest BCUT2D eigenvalue weighted by Gasteiger charge is 2.19. The van der Waals surface area contributed by atoms with Gasteiger partial charge in [-0.2, -0.15) is 5.26 Å². The lowest BCUT2D eigenvalue weighted by molar-refractivity contribution is -0.143. The number of carbonyl (C=O) groups is 2. The summed E-state index contributed by atoms with van der Waals surface area (Å²) >= 11 is 0.926. The van der Waals surface area contributed by atoms with Gasteiger partial charge in [0.1, 0.15) is 30.5 Å². The van der Waals surface area contributed by atoms with E-state index in [-0.39, 0.29) is 28.0 Å². The molecule has 1 aromatic heterocycles. The number of nitrogens with one attached hydrogen (secondary N) is 1. The van der Waals surface area contributed by atoms with Crippen LogP contribution in [0.3, 0.4) is 0 Å². The summed E-state index contributed by atoms with van der Waals surface area (Å²) < 4.78 is 11.3. The van der Waals surface area contributed by atoms with Gasteiger partial charge >= 0.3 is 11.9 Å². The van der Waals surface area contributed by atoms with E-state index in [0.717, 1.165) is 52.8 Å². The summed E-state index contributed by atoms with van der Waals surface area (Å²) in [6.45, 7) is 10.8. The summed E-state index contributed by atoms with van der Waals surface area (Å²) in [7, 11) is 0. The summed E-state index contributed by atoms with van der Waals surface area (Å²) in [6.07, 6.45) is 22.0.